The highest BCUT2D eigenvalue weighted by atomic mass is 32.2. The zero-order chi connectivity index (χ0) is 14.4. The molecular formula is C10H14F7S. The van der Waals surface area contributed by atoms with E-state index in [0.29, 0.717) is 31.0 Å². The van der Waals surface area contributed by atoms with E-state index in [0.717, 1.165) is 6.42 Å². The molecule has 18 heavy (non-hydrogen) atoms. The van der Waals surface area contributed by atoms with Gasteiger partial charge >= 0.3 is 18.0 Å². The van der Waals surface area contributed by atoms with E-state index in [2.05, 4.69) is 6.92 Å². The molecule has 8 heteroatoms. The molecule has 0 aliphatic heterocycles. The second-order valence-corrected chi connectivity index (χ2v) is 4.85. The van der Waals surface area contributed by atoms with Crippen LogP contribution in [-0.4, -0.2) is 29.5 Å². The van der Waals surface area contributed by atoms with Gasteiger partial charge in [0.2, 0.25) is 0 Å². The van der Waals surface area contributed by atoms with Gasteiger partial charge < -0.3 is 0 Å². The highest BCUT2D eigenvalue weighted by molar-refractivity contribution is 7.99. The van der Waals surface area contributed by atoms with E-state index in [-0.39, 0.29) is 5.75 Å². The normalized spacial score (nSPS) is 14.0. The molecule has 0 aromatic rings. The van der Waals surface area contributed by atoms with Gasteiger partial charge in [-0.15, -0.1) is 0 Å². The van der Waals surface area contributed by atoms with Gasteiger partial charge in [-0.25, -0.2) is 0 Å². The Bertz CT molecular complexity index is 237. The Hall–Kier alpha value is -0.140. The van der Waals surface area contributed by atoms with Crippen LogP contribution in [0.25, 0.3) is 0 Å². The lowest BCUT2D eigenvalue weighted by Crippen LogP contribution is -2.53. The van der Waals surface area contributed by atoms with Crippen LogP contribution in [0.3, 0.4) is 0 Å². The lowest BCUT2D eigenvalue weighted by molar-refractivity contribution is -0.348. The van der Waals surface area contributed by atoms with Gasteiger partial charge in [0.25, 0.3) is 0 Å². The zero-order valence-corrected chi connectivity index (χ0v) is 10.3. The lowest BCUT2D eigenvalue weighted by atomic mass is 10.2. The molecule has 109 valence electrons. The molecule has 0 heterocycles. The van der Waals surface area contributed by atoms with E-state index >= 15 is 0 Å². The third kappa shape index (κ3) is 4.85. The molecule has 0 rings (SSSR count). The van der Waals surface area contributed by atoms with Crippen LogP contribution in [0.4, 0.5) is 30.7 Å². The Balaban J connectivity index is 4.15. The van der Waals surface area contributed by atoms with Gasteiger partial charge in [-0.3, -0.25) is 0 Å². The first kappa shape index (κ1) is 17.9. The molecule has 0 aliphatic carbocycles. The standard InChI is InChI=1S/C10H14F7S/c1-2-3-4-5-6-18-7-8(11,12)9(13,14)10(15,16)17/h1-7H2. The first-order chi connectivity index (χ1) is 8.06. The predicted molar refractivity (Wildman–Crippen MR) is 57.1 cm³/mol. The summed E-state index contributed by atoms with van der Waals surface area (Å²) in [5, 5.41) is 0. The SMILES string of the molecule is [CH2]CCCCCSCC(F)(F)C(F)(F)C(F)(F)F. The molecule has 0 fully saturated rings. The van der Waals surface area contributed by atoms with Crippen molar-refractivity contribution in [2.24, 2.45) is 0 Å². The van der Waals surface area contributed by atoms with Gasteiger partial charge in [0.15, 0.2) is 0 Å². The Morgan fingerprint density at radius 3 is 1.83 bits per heavy atom. The van der Waals surface area contributed by atoms with Crippen molar-refractivity contribution in [2.45, 2.75) is 43.7 Å². The van der Waals surface area contributed by atoms with E-state index < -0.39 is 23.8 Å². The van der Waals surface area contributed by atoms with Crippen molar-refractivity contribution in [2.75, 3.05) is 11.5 Å². The number of unbranched alkanes of at least 4 members (excludes halogenated alkanes) is 3. The fourth-order valence-corrected chi connectivity index (χ4v) is 2.05. The predicted octanol–water partition coefficient (Wildman–Crippen LogP) is 4.95. The van der Waals surface area contributed by atoms with Crippen LogP contribution in [-0.2, 0) is 0 Å². The van der Waals surface area contributed by atoms with Crippen LogP contribution in [0, 0.1) is 6.92 Å². The number of alkyl halides is 7. The topological polar surface area (TPSA) is 0 Å². The van der Waals surface area contributed by atoms with Crippen molar-refractivity contribution in [3.8, 4) is 0 Å². The fraction of sp³-hybridized carbons (Fsp3) is 0.900. The van der Waals surface area contributed by atoms with Crippen LogP contribution in [0.5, 0.6) is 0 Å². The molecule has 0 saturated carbocycles. The van der Waals surface area contributed by atoms with Gasteiger partial charge in [0, 0.05) is 0 Å². The second-order valence-electron chi connectivity index (χ2n) is 3.74. The molecule has 0 aromatic heterocycles. The number of thioether (sulfide) groups is 1. The van der Waals surface area contributed by atoms with E-state index in [4.69, 9.17) is 0 Å². The van der Waals surface area contributed by atoms with Crippen molar-refractivity contribution in [1.29, 1.82) is 0 Å². The van der Waals surface area contributed by atoms with Crippen LogP contribution in [0.1, 0.15) is 25.7 Å². The molecule has 0 saturated heterocycles. The highest BCUT2D eigenvalue weighted by Crippen LogP contribution is 2.47. The van der Waals surface area contributed by atoms with Gasteiger partial charge in [-0.05, 0) is 12.2 Å². The molecule has 0 bridgehead atoms. The maximum absolute atomic E-state index is 12.8. The van der Waals surface area contributed by atoms with Crippen LogP contribution in [0.2, 0.25) is 0 Å². The third-order valence-corrected chi connectivity index (χ3v) is 3.28. The zero-order valence-electron chi connectivity index (χ0n) is 9.50. The van der Waals surface area contributed by atoms with Gasteiger partial charge in [0.1, 0.15) is 0 Å². The minimum Gasteiger partial charge on any atom is -0.199 e. The summed E-state index contributed by atoms with van der Waals surface area (Å²) in [5.41, 5.74) is 0. The average molecular weight is 299 g/mol. The quantitative estimate of drug-likeness (QED) is 0.451. The minimum atomic E-state index is -6.23. The summed E-state index contributed by atoms with van der Waals surface area (Å²) in [6.07, 6.45) is -3.60. The lowest BCUT2D eigenvalue weighted by Gasteiger charge is -2.27. The summed E-state index contributed by atoms with van der Waals surface area (Å²) in [4.78, 5) is 0. The highest BCUT2D eigenvalue weighted by Gasteiger charge is 2.72. The summed E-state index contributed by atoms with van der Waals surface area (Å²) in [5.74, 6) is -12.5. The maximum atomic E-state index is 12.8. The van der Waals surface area contributed by atoms with E-state index in [1.807, 2.05) is 0 Å². The summed E-state index contributed by atoms with van der Waals surface area (Å²) in [6, 6.07) is 0. The molecule has 0 aliphatic rings. The molecule has 0 N–H and O–H groups in total. The van der Waals surface area contributed by atoms with Crippen molar-refractivity contribution >= 4 is 11.8 Å². The third-order valence-electron chi connectivity index (χ3n) is 2.14. The van der Waals surface area contributed by atoms with Crippen molar-refractivity contribution < 1.29 is 30.7 Å². The summed E-state index contributed by atoms with van der Waals surface area (Å²) in [7, 11) is 0. The first-order valence-electron chi connectivity index (χ1n) is 5.25. The van der Waals surface area contributed by atoms with E-state index in [1.54, 1.807) is 0 Å². The van der Waals surface area contributed by atoms with Crippen molar-refractivity contribution in [3.05, 3.63) is 6.92 Å². The van der Waals surface area contributed by atoms with Crippen LogP contribution in [0.15, 0.2) is 0 Å². The molecule has 0 aromatic carbocycles. The molecule has 0 atom stereocenters. The number of hydrogen-bond donors (Lipinski definition) is 0. The van der Waals surface area contributed by atoms with Crippen molar-refractivity contribution in [3.63, 3.8) is 0 Å². The number of halogens is 7. The Labute approximate surface area is 105 Å². The van der Waals surface area contributed by atoms with Crippen LogP contribution >= 0.6 is 11.8 Å². The Kier molecular flexibility index (Phi) is 6.81. The summed E-state index contributed by atoms with van der Waals surface area (Å²) in [6.45, 7) is 3.55. The first-order valence-corrected chi connectivity index (χ1v) is 6.41. The molecular weight excluding hydrogens is 285 g/mol. The smallest absolute Gasteiger partial charge is 0.199 e. The van der Waals surface area contributed by atoms with E-state index in [9.17, 15) is 30.7 Å². The molecule has 1 radical (unpaired) electrons. The Morgan fingerprint density at radius 1 is 0.833 bits per heavy atom. The summed E-state index contributed by atoms with van der Waals surface area (Å²) >= 11 is 0.403. The van der Waals surface area contributed by atoms with Crippen molar-refractivity contribution in [1.82, 2.24) is 0 Å². The molecule has 0 amide bonds. The molecule has 0 unspecified atom stereocenters. The van der Waals surface area contributed by atoms with Gasteiger partial charge in [-0.1, -0.05) is 26.2 Å². The monoisotopic (exact) mass is 299 g/mol. The summed E-state index contributed by atoms with van der Waals surface area (Å²) < 4.78 is 85.7. The van der Waals surface area contributed by atoms with Gasteiger partial charge in [-0.2, -0.15) is 42.5 Å². The molecule has 0 nitrogen and oxygen atoms in total. The second kappa shape index (κ2) is 6.86. The number of hydrogen-bond acceptors (Lipinski definition) is 1. The molecule has 0 spiro atoms. The van der Waals surface area contributed by atoms with Crippen LogP contribution < -0.4 is 0 Å². The maximum Gasteiger partial charge on any atom is 0.459 e. The average Bonchev–Trinajstić information content (AvgIpc) is 2.21. The number of rotatable bonds is 8. The largest absolute Gasteiger partial charge is 0.459 e. The Morgan fingerprint density at radius 2 is 1.39 bits per heavy atom. The minimum absolute atomic E-state index is 0.128. The fourth-order valence-electron chi connectivity index (χ4n) is 1.06. The van der Waals surface area contributed by atoms with Gasteiger partial charge in [0.05, 0.1) is 5.75 Å². The van der Waals surface area contributed by atoms with E-state index in [1.165, 1.54) is 0 Å².